The van der Waals surface area contributed by atoms with E-state index in [1.165, 1.54) is 0 Å². The van der Waals surface area contributed by atoms with Crippen LogP contribution in [0.15, 0.2) is 4.99 Å². The van der Waals surface area contributed by atoms with E-state index in [0.29, 0.717) is 12.0 Å². The molecule has 0 saturated carbocycles. The lowest BCUT2D eigenvalue weighted by Crippen LogP contribution is -2.44. The van der Waals surface area contributed by atoms with Gasteiger partial charge in [0, 0.05) is 13.7 Å². The molecule has 1 atom stereocenters. The average Bonchev–Trinajstić information content (AvgIpc) is 2.06. The zero-order valence-corrected chi connectivity index (χ0v) is 6.84. The molecule has 4 nitrogen and oxygen atoms in total. The van der Waals surface area contributed by atoms with Crippen LogP contribution in [0.2, 0.25) is 0 Å². The Labute approximate surface area is 66.8 Å². The Morgan fingerprint density at radius 1 is 1.73 bits per heavy atom. The van der Waals surface area contributed by atoms with Gasteiger partial charge < -0.3 is 15.8 Å². The summed E-state index contributed by atoms with van der Waals surface area (Å²) in [5.74, 6) is 0.500. The number of rotatable bonds is 1. The van der Waals surface area contributed by atoms with Crippen LogP contribution in [0.5, 0.6) is 0 Å². The van der Waals surface area contributed by atoms with Crippen LogP contribution in [-0.2, 0) is 4.74 Å². The van der Waals surface area contributed by atoms with Gasteiger partial charge in [0.15, 0.2) is 5.96 Å². The first-order chi connectivity index (χ1) is 5.33. The summed E-state index contributed by atoms with van der Waals surface area (Å²) in [6.45, 7) is 1.62. The summed E-state index contributed by atoms with van der Waals surface area (Å²) in [6, 6.07) is 0.354. The Morgan fingerprint density at radius 3 is 3.09 bits per heavy atom. The summed E-state index contributed by atoms with van der Waals surface area (Å²) in [7, 11) is 1.67. The fourth-order valence-electron chi connectivity index (χ4n) is 1.13. The van der Waals surface area contributed by atoms with E-state index in [1.54, 1.807) is 7.05 Å². The van der Waals surface area contributed by atoms with Crippen LogP contribution < -0.4 is 11.1 Å². The minimum atomic E-state index is 0.354. The highest BCUT2D eigenvalue weighted by molar-refractivity contribution is 5.77. The van der Waals surface area contributed by atoms with Crippen LogP contribution >= 0.6 is 0 Å². The predicted molar refractivity (Wildman–Crippen MR) is 44.5 cm³/mol. The first-order valence-electron chi connectivity index (χ1n) is 3.89. The fraction of sp³-hybridized carbons (Fsp3) is 0.857. The number of ether oxygens (including phenoxy) is 1. The monoisotopic (exact) mass is 157 g/mol. The van der Waals surface area contributed by atoms with Crippen LogP contribution in [-0.4, -0.2) is 32.3 Å². The van der Waals surface area contributed by atoms with Gasteiger partial charge in [-0.25, -0.2) is 0 Å². The van der Waals surface area contributed by atoms with Gasteiger partial charge in [0.25, 0.3) is 0 Å². The van der Waals surface area contributed by atoms with Gasteiger partial charge in [-0.15, -0.1) is 0 Å². The van der Waals surface area contributed by atoms with E-state index >= 15 is 0 Å². The zero-order chi connectivity index (χ0) is 8.10. The van der Waals surface area contributed by atoms with Gasteiger partial charge >= 0.3 is 0 Å². The van der Waals surface area contributed by atoms with E-state index in [4.69, 9.17) is 10.5 Å². The molecule has 3 N–H and O–H groups in total. The fourth-order valence-corrected chi connectivity index (χ4v) is 1.13. The standard InChI is InChI=1S/C7H15N3O/c1-9-7(8)10-6-3-2-4-11-5-6/h6H,2-5H2,1H3,(H3,8,9,10). The number of guanidine groups is 1. The predicted octanol–water partition coefficient (Wildman–Crippen LogP) is -0.300. The van der Waals surface area contributed by atoms with Crippen LogP contribution in [0, 0.1) is 0 Å². The molecular formula is C7H15N3O. The topological polar surface area (TPSA) is 59.6 Å². The SMILES string of the molecule is CN=C(N)NC1CCCOC1. The van der Waals surface area contributed by atoms with Gasteiger partial charge in [0.05, 0.1) is 12.6 Å². The number of hydrogen-bond donors (Lipinski definition) is 2. The molecule has 1 rings (SSSR count). The van der Waals surface area contributed by atoms with Gasteiger partial charge in [0.1, 0.15) is 0 Å². The molecular weight excluding hydrogens is 142 g/mol. The molecule has 1 heterocycles. The third kappa shape index (κ3) is 2.76. The molecule has 0 aromatic heterocycles. The molecule has 1 aliphatic rings. The van der Waals surface area contributed by atoms with Crippen LogP contribution in [0.1, 0.15) is 12.8 Å². The van der Waals surface area contributed by atoms with Crippen molar-refractivity contribution < 1.29 is 4.74 Å². The molecule has 0 aromatic carbocycles. The Balaban J connectivity index is 2.24. The molecule has 0 amide bonds. The molecule has 0 spiro atoms. The lowest BCUT2D eigenvalue weighted by molar-refractivity contribution is 0.0763. The Morgan fingerprint density at radius 2 is 2.55 bits per heavy atom. The number of aliphatic imine (C=N–C) groups is 1. The number of hydrogen-bond acceptors (Lipinski definition) is 2. The van der Waals surface area contributed by atoms with Crippen LogP contribution in [0.4, 0.5) is 0 Å². The van der Waals surface area contributed by atoms with Crippen molar-refractivity contribution >= 4 is 5.96 Å². The van der Waals surface area contributed by atoms with E-state index in [2.05, 4.69) is 10.3 Å². The molecule has 1 unspecified atom stereocenters. The highest BCUT2D eigenvalue weighted by Crippen LogP contribution is 2.04. The van der Waals surface area contributed by atoms with Gasteiger partial charge in [0.2, 0.25) is 0 Å². The van der Waals surface area contributed by atoms with Crippen molar-refractivity contribution in [3.63, 3.8) is 0 Å². The van der Waals surface area contributed by atoms with E-state index in [-0.39, 0.29) is 0 Å². The Bertz CT molecular complexity index is 141. The molecule has 0 radical (unpaired) electrons. The minimum absolute atomic E-state index is 0.354. The molecule has 0 aliphatic carbocycles. The summed E-state index contributed by atoms with van der Waals surface area (Å²) >= 11 is 0. The Hall–Kier alpha value is -0.770. The summed E-state index contributed by atoms with van der Waals surface area (Å²) < 4.78 is 5.25. The first-order valence-corrected chi connectivity index (χ1v) is 3.89. The molecule has 1 fully saturated rings. The molecule has 4 heteroatoms. The van der Waals surface area contributed by atoms with Gasteiger partial charge in [-0.1, -0.05) is 0 Å². The summed E-state index contributed by atoms with van der Waals surface area (Å²) in [5, 5.41) is 3.07. The Kier molecular flexibility index (Phi) is 3.16. The quantitative estimate of drug-likeness (QED) is 0.406. The van der Waals surface area contributed by atoms with Gasteiger partial charge in [-0.3, -0.25) is 4.99 Å². The third-order valence-electron chi connectivity index (χ3n) is 1.75. The normalized spacial score (nSPS) is 26.6. The molecule has 1 aliphatic heterocycles. The summed E-state index contributed by atoms with van der Waals surface area (Å²) in [6.07, 6.45) is 2.23. The smallest absolute Gasteiger partial charge is 0.188 e. The van der Waals surface area contributed by atoms with E-state index < -0.39 is 0 Å². The first kappa shape index (κ1) is 8.33. The van der Waals surface area contributed by atoms with E-state index in [9.17, 15) is 0 Å². The van der Waals surface area contributed by atoms with E-state index in [0.717, 1.165) is 26.1 Å². The second-order valence-corrected chi connectivity index (χ2v) is 2.67. The highest BCUT2D eigenvalue weighted by atomic mass is 16.5. The molecule has 11 heavy (non-hydrogen) atoms. The van der Waals surface area contributed by atoms with Crippen molar-refractivity contribution in [2.75, 3.05) is 20.3 Å². The largest absolute Gasteiger partial charge is 0.379 e. The van der Waals surface area contributed by atoms with Crippen molar-refractivity contribution in [2.45, 2.75) is 18.9 Å². The highest BCUT2D eigenvalue weighted by Gasteiger charge is 2.13. The lowest BCUT2D eigenvalue weighted by atomic mass is 10.1. The van der Waals surface area contributed by atoms with Crippen molar-refractivity contribution in [3.8, 4) is 0 Å². The summed E-state index contributed by atoms with van der Waals surface area (Å²) in [5.41, 5.74) is 5.49. The lowest BCUT2D eigenvalue weighted by Gasteiger charge is -2.23. The minimum Gasteiger partial charge on any atom is -0.379 e. The van der Waals surface area contributed by atoms with Crippen LogP contribution in [0.25, 0.3) is 0 Å². The van der Waals surface area contributed by atoms with Gasteiger partial charge in [-0.05, 0) is 12.8 Å². The van der Waals surface area contributed by atoms with Crippen LogP contribution in [0.3, 0.4) is 0 Å². The summed E-state index contributed by atoms with van der Waals surface area (Å²) in [4.78, 5) is 3.81. The maximum atomic E-state index is 5.49. The molecule has 0 aromatic rings. The zero-order valence-electron chi connectivity index (χ0n) is 6.84. The molecule has 1 saturated heterocycles. The number of nitrogens with zero attached hydrogens (tertiary/aromatic N) is 1. The van der Waals surface area contributed by atoms with Crippen molar-refractivity contribution in [1.29, 1.82) is 0 Å². The average molecular weight is 157 g/mol. The third-order valence-corrected chi connectivity index (χ3v) is 1.75. The maximum Gasteiger partial charge on any atom is 0.188 e. The second-order valence-electron chi connectivity index (χ2n) is 2.67. The molecule has 64 valence electrons. The van der Waals surface area contributed by atoms with E-state index in [1.807, 2.05) is 0 Å². The number of nitrogens with two attached hydrogens (primary N) is 1. The number of nitrogens with one attached hydrogen (secondary N) is 1. The maximum absolute atomic E-state index is 5.49. The molecule has 0 bridgehead atoms. The second kappa shape index (κ2) is 4.18. The van der Waals surface area contributed by atoms with Crippen molar-refractivity contribution in [2.24, 2.45) is 10.7 Å². The van der Waals surface area contributed by atoms with Crippen molar-refractivity contribution in [3.05, 3.63) is 0 Å². The van der Waals surface area contributed by atoms with Crippen molar-refractivity contribution in [1.82, 2.24) is 5.32 Å². The van der Waals surface area contributed by atoms with Gasteiger partial charge in [-0.2, -0.15) is 0 Å².